The number of hydrogen-bond acceptors (Lipinski definition) is 28. The number of imidazole rings is 2. The molecule has 6 aromatic rings. The van der Waals surface area contributed by atoms with Gasteiger partial charge in [0.05, 0.1) is 48.4 Å². The number of aromatic nitrogens is 4. The number of thioether (sulfide) groups is 1. The highest BCUT2D eigenvalue weighted by atomic mass is 32.2. The number of benzene rings is 4. The Bertz CT molecular complexity index is 5120. The quantitative estimate of drug-likeness (QED) is 0.0118. The van der Waals surface area contributed by atoms with Gasteiger partial charge in [-0.25, -0.2) is 14.8 Å². The molecule has 49 nitrogen and oxygen atoms in total. The van der Waals surface area contributed by atoms with E-state index in [1.165, 1.54) is 123 Å². The molecule has 0 bridgehead atoms. The van der Waals surface area contributed by atoms with Gasteiger partial charge in [-0.3, -0.25) is 82.7 Å². The topological polar surface area (TPSA) is 816 Å². The van der Waals surface area contributed by atoms with Gasteiger partial charge in [-0.1, -0.05) is 75.2 Å². The Labute approximate surface area is 789 Å². The van der Waals surface area contributed by atoms with Crippen LogP contribution in [0.4, 0.5) is 0 Å². The van der Waals surface area contributed by atoms with Crippen LogP contribution in [0.2, 0.25) is 0 Å². The molecular weight excluding hydrogens is 1810 g/mol. The summed E-state index contributed by atoms with van der Waals surface area (Å²) in [6.07, 6.45) is -1.93. The van der Waals surface area contributed by atoms with Crippen LogP contribution in [-0.2, 0) is 102 Å². The zero-order valence-corrected chi connectivity index (χ0v) is 76.2. The molecule has 3 heterocycles. The molecule has 0 radical (unpaired) electrons. The van der Waals surface area contributed by atoms with Crippen LogP contribution in [0.3, 0.4) is 0 Å². The van der Waals surface area contributed by atoms with Crippen LogP contribution in [0.15, 0.2) is 122 Å². The Hall–Kier alpha value is -15.2. The number of aromatic amines is 2. The number of aliphatic hydroxyl groups excluding tert-OH is 2. The number of nitrogens with one attached hydrogen (secondary N) is 20. The number of phenolic OH excluding ortho intramolecular Hbond substituents is 4. The Balaban J connectivity index is 1.33. The molecule has 4 aromatic carbocycles. The maximum Gasteiger partial charge on any atom is 0.327 e. The number of carbonyl (C=O) groups is 16. The molecule has 1 aliphatic heterocycles. The second kappa shape index (κ2) is 54.2. The molecule has 1 fully saturated rings. The van der Waals surface area contributed by atoms with E-state index in [1.54, 1.807) is 0 Å². The lowest BCUT2D eigenvalue weighted by atomic mass is 10.00. The van der Waals surface area contributed by atoms with Gasteiger partial charge >= 0.3 is 5.97 Å². The number of aromatic hydroxyl groups is 4. The summed E-state index contributed by atoms with van der Waals surface area (Å²) in [6, 6.07) is -4.77. The van der Waals surface area contributed by atoms with Crippen molar-refractivity contribution < 1.29 is 112 Å². The van der Waals surface area contributed by atoms with Gasteiger partial charge in [-0.05, 0) is 136 Å². The Morgan fingerprint density at radius 1 is 0.401 bits per heavy atom. The van der Waals surface area contributed by atoms with E-state index in [9.17, 15) is 88.5 Å². The Kier molecular flexibility index (Phi) is 43.1. The molecule has 0 spiro atoms. The zero-order chi connectivity index (χ0) is 101. The maximum atomic E-state index is 15.1. The normalized spacial score (nSPS) is 23.2. The molecule has 742 valence electrons. The summed E-state index contributed by atoms with van der Waals surface area (Å²) < 4.78 is 0. The smallest absolute Gasteiger partial charge is 0.327 e. The number of amides is 15. The number of aliphatic hydroxyl groups is 2. The third kappa shape index (κ3) is 36.3. The molecule has 15 amide bonds. The second-order valence-corrected chi connectivity index (χ2v) is 33.8. The number of carboxylic acid groups (broad SMARTS) is 1. The van der Waals surface area contributed by atoms with E-state index in [0.29, 0.717) is 30.2 Å². The molecule has 2 aromatic heterocycles. The maximum absolute atomic E-state index is 15.1. The van der Waals surface area contributed by atoms with Crippen LogP contribution in [-0.4, -0.2) is 278 Å². The lowest BCUT2D eigenvalue weighted by Crippen LogP contribution is -2.62. The minimum atomic E-state index is -2.11. The third-order valence-corrected chi connectivity index (χ3v) is 22.4. The van der Waals surface area contributed by atoms with E-state index in [2.05, 4.69) is 105 Å². The minimum Gasteiger partial charge on any atom is -0.508 e. The average molecular weight is 1930 g/mol. The standard InChI is InChI=1S/C87H120N26O23S/c1-43(2)67-80(130)103-54(10-6-5-7-29-88)72(122)101-55(11-8-30-96-86(90)91)73(123)102-56(12-9-31-97-87(92)93)74(124)110-68(44(3)114)81(131)107-61(36-65(89)120)77(127)105-58(33-47-15-23-51(117)24-16-47)75(125)104-59(34-48-17-25-52(118)26-18-48)76(126)108-64(85(135)136)39-137-40-66(121)100-57(32-46-13-21-50(116)22-14-46)78(128)112-71(63-38-95-42-99-63)84(134)111-69(45(4)115)82(132)106-60(35-49-19-27-53(119)28-20-49)79(129)113-70(83(133)109-67)62-37-94-41-98-62/h13-28,37-38,41-45,54-61,64,67-71,114-119H,5-12,29-36,39-40,88H2,1-4H3,(H2,89,120)(H,94,98)(H,95,99)(H,100,121)(H,101,122)(H,102,123)(H,103,130)(H,104,125)(H,105,127)(H,106,132)(H,107,131)(H,108,126)(H,109,133)(H,110,124)(H,111,134)(H,112,128)(H,113,129)(H,135,136)(H4,90,91,96)(H4,92,93,97)/t44?,45?,54-,55-,56-,57-,58-,59-,60-,61-,64+,67-,68-,69-,70-,71-/m0/s1. The largest absolute Gasteiger partial charge is 0.508 e. The van der Waals surface area contributed by atoms with Crippen molar-refractivity contribution in [3.05, 3.63) is 156 Å². The number of phenols is 4. The first-order chi connectivity index (χ1) is 65.1. The summed E-state index contributed by atoms with van der Waals surface area (Å²) in [5.74, 6) is -23.3. The molecule has 0 aliphatic carbocycles. The lowest BCUT2D eigenvalue weighted by molar-refractivity contribution is -0.141. The van der Waals surface area contributed by atoms with Crippen LogP contribution in [0, 0.1) is 16.7 Å². The summed E-state index contributed by atoms with van der Waals surface area (Å²) in [4.78, 5) is 248. The summed E-state index contributed by atoms with van der Waals surface area (Å²) in [5, 5.41) is 130. The van der Waals surface area contributed by atoms with Gasteiger partial charge in [0.2, 0.25) is 88.6 Å². The fourth-order valence-corrected chi connectivity index (χ4v) is 14.9. The molecular formula is C87H120N26O23S. The number of aliphatic carboxylic acids is 1. The van der Waals surface area contributed by atoms with Gasteiger partial charge in [0.25, 0.3) is 0 Å². The number of H-pyrrole nitrogens is 2. The van der Waals surface area contributed by atoms with E-state index >= 15 is 24.0 Å². The Morgan fingerprint density at radius 2 is 0.715 bits per heavy atom. The van der Waals surface area contributed by atoms with Gasteiger partial charge in [0, 0.05) is 56.9 Å². The van der Waals surface area contributed by atoms with E-state index in [1.807, 2.05) is 0 Å². The average Bonchev–Trinajstić information content (AvgIpc) is 1.30. The number of nitrogens with two attached hydrogens (primary N) is 4. The van der Waals surface area contributed by atoms with Gasteiger partial charge in [-0.2, -0.15) is 0 Å². The van der Waals surface area contributed by atoms with Crippen molar-refractivity contribution >= 4 is 118 Å². The highest BCUT2D eigenvalue weighted by Crippen LogP contribution is 2.22. The van der Waals surface area contributed by atoms with Crippen molar-refractivity contribution in [1.82, 2.24) is 105 Å². The van der Waals surface area contributed by atoms with E-state index < -0.39 is 246 Å². The van der Waals surface area contributed by atoms with Crippen molar-refractivity contribution in [2.75, 3.05) is 31.1 Å². The van der Waals surface area contributed by atoms with Gasteiger partial charge in [0.1, 0.15) is 95.5 Å². The number of rotatable bonds is 29. The molecule has 1 aliphatic rings. The van der Waals surface area contributed by atoms with E-state index in [-0.39, 0.29) is 116 Å². The van der Waals surface area contributed by atoms with E-state index in [4.69, 9.17) is 33.8 Å². The highest BCUT2D eigenvalue weighted by Gasteiger charge is 2.42. The number of unbranched alkanes of at least 4 members (excludes halogenated alkanes) is 2. The number of primary amides is 1. The van der Waals surface area contributed by atoms with Crippen LogP contribution < -0.4 is 108 Å². The predicted octanol–water partition coefficient (Wildman–Crippen LogP) is -6.07. The van der Waals surface area contributed by atoms with Gasteiger partial charge < -0.3 is 154 Å². The van der Waals surface area contributed by atoms with Crippen molar-refractivity contribution in [2.45, 2.75) is 208 Å². The fraction of sp³-hybridized carbons (Fsp3) is 0.448. The fourth-order valence-electron chi connectivity index (χ4n) is 14.0. The van der Waals surface area contributed by atoms with Crippen LogP contribution in [0.1, 0.15) is 131 Å². The molecule has 0 saturated carbocycles. The van der Waals surface area contributed by atoms with Crippen molar-refractivity contribution in [1.29, 1.82) is 10.8 Å². The van der Waals surface area contributed by atoms with Gasteiger partial charge in [0.15, 0.2) is 24.0 Å². The molecule has 16 atom stereocenters. The summed E-state index contributed by atoms with van der Waals surface area (Å²) >= 11 is 0.614. The minimum absolute atomic E-state index is 0.0459. The third-order valence-electron chi connectivity index (χ3n) is 21.4. The molecule has 35 N–H and O–H groups in total. The van der Waals surface area contributed by atoms with Crippen molar-refractivity contribution in [3.8, 4) is 23.0 Å². The van der Waals surface area contributed by atoms with Crippen LogP contribution in [0.5, 0.6) is 23.0 Å². The molecule has 50 heteroatoms. The van der Waals surface area contributed by atoms with Crippen molar-refractivity contribution in [2.24, 2.45) is 28.9 Å². The molecule has 1 saturated heterocycles. The van der Waals surface area contributed by atoms with Gasteiger partial charge in [-0.15, -0.1) is 11.8 Å². The SMILES string of the molecule is CC(C)[C@@H]1NC(=O)[C@H](c2c[nH]cn2)NC(=O)[C@H](Cc2ccc(O)cc2)NC(=O)[C@H](C(C)O)NC(=O)[C@H](c2c[nH]cn2)NC(=O)[C@H](Cc2ccc(O)cc2)NC(=O)CSC[C@H](C(=O)O)NC(=O)[C@H](Cc2ccc(O)cc2)NC(=O)[C@H](Cc2ccc(O)cc2)NC(=O)[C@H](CC(N)=O)NC(=O)[C@H](C(C)O)NC(=O)[C@H](CCCNC(=N)N)NC(=O)[C@H](CCCNC(=N)N)NC(=O)[C@H](CCCCCN)NC1=O. The van der Waals surface area contributed by atoms with Crippen molar-refractivity contribution in [3.63, 3.8) is 0 Å². The highest BCUT2D eigenvalue weighted by molar-refractivity contribution is 8.00. The monoisotopic (exact) mass is 1930 g/mol. The number of hydrogen-bond donors (Lipinski definition) is 31. The van der Waals surface area contributed by atoms with Crippen LogP contribution >= 0.6 is 11.8 Å². The molecule has 2 unspecified atom stereocenters. The molecule has 7 rings (SSSR count). The lowest BCUT2D eigenvalue weighted by Gasteiger charge is -2.29. The van der Waals surface area contributed by atoms with Crippen LogP contribution in [0.25, 0.3) is 0 Å². The Morgan fingerprint density at radius 3 is 1.07 bits per heavy atom. The first-order valence-electron chi connectivity index (χ1n) is 43.7. The first kappa shape index (κ1) is 109. The number of nitrogens with zero attached hydrogens (tertiary/aromatic N) is 2. The number of guanidine groups is 2. The summed E-state index contributed by atoms with van der Waals surface area (Å²) in [6.45, 7) is 5.17. The number of carbonyl (C=O) groups excluding carboxylic acids is 15. The van der Waals surface area contributed by atoms with E-state index in [0.717, 1.165) is 26.5 Å². The zero-order valence-electron chi connectivity index (χ0n) is 75.4. The number of carboxylic acids is 1. The predicted molar refractivity (Wildman–Crippen MR) is 492 cm³/mol. The molecule has 137 heavy (non-hydrogen) atoms. The summed E-state index contributed by atoms with van der Waals surface area (Å²) in [7, 11) is 0. The first-order valence-corrected chi connectivity index (χ1v) is 44.9. The second-order valence-electron chi connectivity index (χ2n) is 32.8. The summed E-state index contributed by atoms with van der Waals surface area (Å²) in [5.41, 5.74) is 23.3.